The van der Waals surface area contributed by atoms with Gasteiger partial charge < -0.3 is 25.7 Å². The van der Waals surface area contributed by atoms with Crippen molar-refractivity contribution in [3.05, 3.63) is 0 Å². The Labute approximate surface area is 88.1 Å². The second-order valence-electron chi connectivity index (χ2n) is 3.05. The van der Waals surface area contributed by atoms with Gasteiger partial charge in [0.05, 0.1) is 6.61 Å². The largest absolute Gasteiger partial charge is 0.480 e. The van der Waals surface area contributed by atoms with Crippen LogP contribution in [0.2, 0.25) is 0 Å². The number of aliphatic carboxylic acids is 1. The van der Waals surface area contributed by atoms with Gasteiger partial charge in [0.1, 0.15) is 0 Å². The molecule has 0 rings (SSSR count). The second-order valence-corrected chi connectivity index (χ2v) is 3.05. The number of carboxylic acids is 1. The van der Waals surface area contributed by atoms with Gasteiger partial charge >= 0.3 is 12.0 Å². The van der Waals surface area contributed by atoms with Gasteiger partial charge in [-0.25, -0.2) is 9.59 Å². The number of likely N-dealkylation sites (N-methyl/N-ethyl adjacent to an activating group) is 2. The summed E-state index contributed by atoms with van der Waals surface area (Å²) in [6.45, 7) is 0.446. The van der Waals surface area contributed by atoms with E-state index in [1.54, 1.807) is 14.1 Å². The van der Waals surface area contributed by atoms with E-state index in [1.165, 1.54) is 4.90 Å². The normalized spacial score (nSPS) is 11.9. The number of amides is 2. The average Bonchev–Trinajstić information content (AvgIpc) is 2.21. The van der Waals surface area contributed by atoms with Gasteiger partial charge in [-0.2, -0.15) is 0 Å². The molecule has 4 N–H and O–H groups in total. The Balaban J connectivity index is 4.04. The summed E-state index contributed by atoms with van der Waals surface area (Å²) in [5.41, 5.74) is 0. The highest BCUT2D eigenvalue weighted by Crippen LogP contribution is 1.88. The molecule has 0 bridgehead atoms. The molecule has 0 heterocycles. The molecule has 88 valence electrons. The smallest absolute Gasteiger partial charge is 0.328 e. The lowest BCUT2D eigenvalue weighted by Crippen LogP contribution is -2.49. The summed E-state index contributed by atoms with van der Waals surface area (Å²) in [5.74, 6) is -1.26. The highest BCUT2D eigenvalue weighted by molar-refractivity contribution is 5.82. The number of carbonyl (C=O) groups excluding carboxylic acids is 1. The lowest BCUT2D eigenvalue weighted by Gasteiger charge is -2.20. The number of hydrogen-bond donors (Lipinski definition) is 4. The quantitative estimate of drug-likeness (QED) is 0.426. The molecule has 0 fully saturated rings. The Morgan fingerprint density at radius 1 is 1.47 bits per heavy atom. The van der Waals surface area contributed by atoms with Crippen LogP contribution in [0.3, 0.4) is 0 Å². The van der Waals surface area contributed by atoms with E-state index in [4.69, 9.17) is 10.2 Å². The Morgan fingerprint density at radius 2 is 2.07 bits per heavy atom. The zero-order valence-electron chi connectivity index (χ0n) is 8.86. The molecule has 0 saturated heterocycles. The van der Waals surface area contributed by atoms with Crippen LogP contribution < -0.4 is 10.6 Å². The van der Waals surface area contributed by atoms with E-state index in [-0.39, 0.29) is 0 Å². The summed E-state index contributed by atoms with van der Waals surface area (Å²) < 4.78 is 0. The standard InChI is InChI=1S/C8H17N3O4/c1-9-3-4-11(2)8(15)10-6(5-12)7(13)14/h6,9,12H,3-5H2,1-2H3,(H,10,15)(H,13,14). The SMILES string of the molecule is CNCCN(C)C(=O)NC(CO)C(=O)O. The maximum atomic E-state index is 11.3. The molecule has 0 aliphatic carbocycles. The Kier molecular flexibility index (Phi) is 6.39. The maximum absolute atomic E-state index is 11.3. The highest BCUT2D eigenvalue weighted by Gasteiger charge is 2.20. The Hall–Kier alpha value is -1.34. The van der Waals surface area contributed by atoms with Gasteiger partial charge in [0, 0.05) is 20.1 Å². The van der Waals surface area contributed by atoms with Crippen molar-refractivity contribution in [3.8, 4) is 0 Å². The van der Waals surface area contributed by atoms with E-state index < -0.39 is 24.6 Å². The molecule has 1 unspecified atom stereocenters. The molecule has 7 heteroatoms. The molecule has 1 atom stereocenters. The number of nitrogens with one attached hydrogen (secondary N) is 2. The number of aliphatic hydroxyl groups is 1. The number of aliphatic hydroxyl groups excluding tert-OH is 1. The van der Waals surface area contributed by atoms with Crippen LogP contribution in [0.1, 0.15) is 0 Å². The first-order valence-electron chi connectivity index (χ1n) is 4.52. The van der Waals surface area contributed by atoms with Crippen LogP contribution in [0.15, 0.2) is 0 Å². The van der Waals surface area contributed by atoms with Crippen molar-refractivity contribution in [2.24, 2.45) is 0 Å². The van der Waals surface area contributed by atoms with Gasteiger partial charge in [-0.05, 0) is 7.05 Å². The first-order valence-corrected chi connectivity index (χ1v) is 4.52. The third-order valence-corrected chi connectivity index (χ3v) is 1.82. The molecule has 2 amide bonds. The zero-order valence-corrected chi connectivity index (χ0v) is 8.86. The molecule has 0 aromatic heterocycles. The summed E-state index contributed by atoms with van der Waals surface area (Å²) in [4.78, 5) is 23.2. The van der Waals surface area contributed by atoms with E-state index in [0.29, 0.717) is 13.1 Å². The van der Waals surface area contributed by atoms with Crippen LogP contribution in [-0.2, 0) is 4.79 Å². The van der Waals surface area contributed by atoms with Crippen LogP contribution >= 0.6 is 0 Å². The topological polar surface area (TPSA) is 102 Å². The summed E-state index contributed by atoms with van der Waals surface area (Å²) in [6, 6.07) is -1.78. The Morgan fingerprint density at radius 3 is 2.47 bits per heavy atom. The number of carboxylic acid groups (broad SMARTS) is 1. The van der Waals surface area contributed by atoms with Gasteiger partial charge in [-0.1, -0.05) is 0 Å². The van der Waals surface area contributed by atoms with Gasteiger partial charge in [0.25, 0.3) is 0 Å². The van der Waals surface area contributed by atoms with E-state index in [9.17, 15) is 9.59 Å². The summed E-state index contributed by atoms with van der Waals surface area (Å²) in [6.07, 6.45) is 0. The van der Waals surface area contributed by atoms with E-state index >= 15 is 0 Å². The first-order chi connectivity index (χ1) is 7.02. The predicted octanol–water partition coefficient (Wildman–Crippen LogP) is -1.71. The van der Waals surface area contributed by atoms with Gasteiger partial charge in [-0.15, -0.1) is 0 Å². The minimum absolute atomic E-state index is 0.458. The molecular formula is C8H17N3O4. The van der Waals surface area contributed by atoms with E-state index in [2.05, 4.69) is 10.6 Å². The fourth-order valence-corrected chi connectivity index (χ4v) is 0.826. The summed E-state index contributed by atoms with van der Waals surface area (Å²) >= 11 is 0. The molecule has 0 aromatic carbocycles. The number of hydrogen-bond acceptors (Lipinski definition) is 4. The Bertz CT molecular complexity index is 222. The molecule has 0 radical (unpaired) electrons. The van der Waals surface area contributed by atoms with Crippen molar-refractivity contribution >= 4 is 12.0 Å². The lowest BCUT2D eigenvalue weighted by molar-refractivity contribution is -0.140. The minimum atomic E-state index is -1.26. The lowest BCUT2D eigenvalue weighted by atomic mass is 10.3. The number of rotatable bonds is 6. The summed E-state index contributed by atoms with van der Waals surface area (Å²) in [7, 11) is 3.29. The molecule has 0 spiro atoms. The zero-order chi connectivity index (χ0) is 11.8. The molecule has 0 aliphatic heterocycles. The molecule has 0 aromatic rings. The van der Waals surface area contributed by atoms with E-state index in [0.717, 1.165) is 0 Å². The molecular weight excluding hydrogens is 202 g/mol. The van der Waals surface area contributed by atoms with Crippen LogP contribution in [0, 0.1) is 0 Å². The second kappa shape index (κ2) is 7.02. The first kappa shape index (κ1) is 13.7. The van der Waals surface area contributed by atoms with Crippen molar-refractivity contribution < 1.29 is 19.8 Å². The molecule has 7 nitrogen and oxygen atoms in total. The van der Waals surface area contributed by atoms with Crippen molar-refractivity contribution in [1.29, 1.82) is 0 Å². The summed E-state index contributed by atoms with van der Waals surface area (Å²) in [5, 5.41) is 22.3. The monoisotopic (exact) mass is 219 g/mol. The maximum Gasteiger partial charge on any atom is 0.328 e. The highest BCUT2D eigenvalue weighted by atomic mass is 16.4. The molecule has 0 aliphatic rings. The number of nitrogens with zero attached hydrogens (tertiary/aromatic N) is 1. The average molecular weight is 219 g/mol. The van der Waals surface area contributed by atoms with Gasteiger partial charge in [0.15, 0.2) is 6.04 Å². The van der Waals surface area contributed by atoms with Crippen molar-refractivity contribution in [3.63, 3.8) is 0 Å². The number of carbonyl (C=O) groups is 2. The molecule has 0 saturated carbocycles. The van der Waals surface area contributed by atoms with Gasteiger partial charge in [-0.3, -0.25) is 0 Å². The van der Waals surface area contributed by atoms with Crippen molar-refractivity contribution in [2.75, 3.05) is 33.8 Å². The number of urea groups is 1. The third-order valence-electron chi connectivity index (χ3n) is 1.82. The molecule has 15 heavy (non-hydrogen) atoms. The third kappa shape index (κ3) is 5.18. The van der Waals surface area contributed by atoms with Crippen LogP contribution in [-0.4, -0.2) is 66.9 Å². The van der Waals surface area contributed by atoms with Crippen molar-refractivity contribution in [2.45, 2.75) is 6.04 Å². The van der Waals surface area contributed by atoms with Crippen molar-refractivity contribution in [1.82, 2.24) is 15.5 Å². The van der Waals surface area contributed by atoms with Crippen LogP contribution in [0.4, 0.5) is 4.79 Å². The van der Waals surface area contributed by atoms with Crippen LogP contribution in [0.5, 0.6) is 0 Å². The fourth-order valence-electron chi connectivity index (χ4n) is 0.826. The van der Waals surface area contributed by atoms with Gasteiger partial charge in [0.2, 0.25) is 0 Å². The minimum Gasteiger partial charge on any atom is -0.480 e. The predicted molar refractivity (Wildman–Crippen MR) is 53.6 cm³/mol. The fraction of sp³-hybridized carbons (Fsp3) is 0.750. The van der Waals surface area contributed by atoms with Crippen LogP contribution in [0.25, 0.3) is 0 Å². The van der Waals surface area contributed by atoms with E-state index in [1.807, 2.05) is 0 Å².